The van der Waals surface area contributed by atoms with Crippen LogP contribution in [0.25, 0.3) is 0 Å². The summed E-state index contributed by atoms with van der Waals surface area (Å²) >= 11 is 11.9. The van der Waals surface area contributed by atoms with Crippen molar-refractivity contribution in [2.24, 2.45) is 5.73 Å². The van der Waals surface area contributed by atoms with Crippen molar-refractivity contribution in [2.75, 3.05) is 20.1 Å². The molecule has 0 heterocycles. The lowest BCUT2D eigenvalue weighted by Gasteiger charge is -2.20. The van der Waals surface area contributed by atoms with Gasteiger partial charge >= 0.3 is 6.03 Å². The summed E-state index contributed by atoms with van der Waals surface area (Å²) in [5.41, 5.74) is 5.99. The number of benzene rings is 2. The standard InChI is InChI=1S/C17H19Cl2N3O3/c1-21(7-8-22(24)17(20)23)11-12-3-2-4-13(9-12)25-14-5-6-15(18)16(19)10-14/h2-6,9-10,24H,7-8,11H2,1H3,(H2,20,23). The summed E-state index contributed by atoms with van der Waals surface area (Å²) in [4.78, 5) is 12.7. The molecule has 0 saturated carbocycles. The van der Waals surface area contributed by atoms with E-state index in [2.05, 4.69) is 0 Å². The Morgan fingerprint density at radius 1 is 1.12 bits per heavy atom. The first-order valence-electron chi connectivity index (χ1n) is 7.51. The summed E-state index contributed by atoms with van der Waals surface area (Å²) < 4.78 is 5.80. The van der Waals surface area contributed by atoms with Gasteiger partial charge in [-0.25, -0.2) is 9.86 Å². The van der Waals surface area contributed by atoms with Crippen molar-refractivity contribution in [3.05, 3.63) is 58.1 Å². The Bertz CT molecular complexity index is 743. The normalized spacial score (nSPS) is 10.8. The van der Waals surface area contributed by atoms with E-state index in [4.69, 9.17) is 33.7 Å². The predicted molar refractivity (Wildman–Crippen MR) is 97.4 cm³/mol. The van der Waals surface area contributed by atoms with Gasteiger partial charge in [0, 0.05) is 19.2 Å². The molecule has 0 radical (unpaired) electrons. The second-order valence-electron chi connectivity index (χ2n) is 5.52. The summed E-state index contributed by atoms with van der Waals surface area (Å²) in [6, 6.07) is 11.8. The Morgan fingerprint density at radius 2 is 1.84 bits per heavy atom. The van der Waals surface area contributed by atoms with Gasteiger partial charge in [0.25, 0.3) is 0 Å². The Labute approximate surface area is 156 Å². The molecule has 0 unspecified atom stereocenters. The fourth-order valence-electron chi connectivity index (χ4n) is 2.15. The Hall–Kier alpha value is -1.99. The average molecular weight is 384 g/mol. The number of hydroxylamine groups is 2. The molecule has 2 aromatic rings. The van der Waals surface area contributed by atoms with Gasteiger partial charge in [-0.1, -0.05) is 35.3 Å². The van der Waals surface area contributed by atoms with Gasteiger partial charge in [-0.05, 0) is 36.9 Å². The van der Waals surface area contributed by atoms with Crippen LogP contribution in [0, 0.1) is 0 Å². The Kier molecular flexibility index (Phi) is 6.90. The molecule has 0 aliphatic heterocycles. The van der Waals surface area contributed by atoms with Gasteiger partial charge in [0.05, 0.1) is 16.6 Å². The number of amides is 2. The Balaban J connectivity index is 1.96. The van der Waals surface area contributed by atoms with E-state index in [-0.39, 0.29) is 6.54 Å². The van der Waals surface area contributed by atoms with E-state index < -0.39 is 6.03 Å². The maximum absolute atomic E-state index is 10.8. The molecule has 134 valence electrons. The van der Waals surface area contributed by atoms with Crippen molar-refractivity contribution in [1.29, 1.82) is 0 Å². The molecule has 0 saturated heterocycles. The number of ether oxygens (including phenoxy) is 1. The fourth-order valence-corrected chi connectivity index (χ4v) is 2.44. The van der Waals surface area contributed by atoms with Gasteiger partial charge in [0.15, 0.2) is 0 Å². The lowest BCUT2D eigenvalue weighted by Crippen LogP contribution is -2.38. The van der Waals surface area contributed by atoms with Crippen LogP contribution in [0.2, 0.25) is 10.0 Å². The molecule has 0 aromatic heterocycles. The molecule has 0 atom stereocenters. The number of hydrogen-bond donors (Lipinski definition) is 2. The molecule has 6 nitrogen and oxygen atoms in total. The van der Waals surface area contributed by atoms with Gasteiger partial charge in [0.1, 0.15) is 11.5 Å². The molecule has 8 heteroatoms. The minimum Gasteiger partial charge on any atom is -0.457 e. The first kappa shape index (κ1) is 19.3. The molecule has 2 amide bonds. The highest BCUT2D eigenvalue weighted by Gasteiger charge is 2.08. The summed E-state index contributed by atoms with van der Waals surface area (Å²) in [5.74, 6) is 1.27. The highest BCUT2D eigenvalue weighted by atomic mass is 35.5. The smallest absolute Gasteiger partial charge is 0.338 e. The van der Waals surface area contributed by atoms with Crippen molar-refractivity contribution in [3.8, 4) is 11.5 Å². The van der Waals surface area contributed by atoms with Gasteiger partial charge in [-0.2, -0.15) is 0 Å². The van der Waals surface area contributed by atoms with Crippen molar-refractivity contribution < 1.29 is 14.7 Å². The predicted octanol–water partition coefficient (Wildman–Crippen LogP) is 3.99. The maximum Gasteiger partial charge on any atom is 0.338 e. The third kappa shape index (κ3) is 6.10. The van der Waals surface area contributed by atoms with Crippen LogP contribution in [0.15, 0.2) is 42.5 Å². The van der Waals surface area contributed by atoms with E-state index in [1.54, 1.807) is 18.2 Å². The summed E-state index contributed by atoms with van der Waals surface area (Å²) in [6.45, 7) is 1.22. The first-order chi connectivity index (χ1) is 11.8. The largest absolute Gasteiger partial charge is 0.457 e. The zero-order valence-corrected chi connectivity index (χ0v) is 15.2. The maximum atomic E-state index is 10.8. The average Bonchev–Trinajstić information content (AvgIpc) is 2.56. The number of carbonyl (C=O) groups excluding carboxylic acids is 1. The van der Waals surface area contributed by atoms with Crippen molar-refractivity contribution in [3.63, 3.8) is 0 Å². The quantitative estimate of drug-likeness (QED) is 0.559. The van der Waals surface area contributed by atoms with Gasteiger partial charge in [-0.15, -0.1) is 0 Å². The molecule has 0 aliphatic carbocycles. The number of primary amides is 1. The van der Waals surface area contributed by atoms with Crippen LogP contribution < -0.4 is 10.5 Å². The fraction of sp³-hybridized carbons (Fsp3) is 0.235. The van der Waals surface area contributed by atoms with Gasteiger partial charge in [-0.3, -0.25) is 5.21 Å². The molecule has 0 spiro atoms. The first-order valence-corrected chi connectivity index (χ1v) is 8.27. The molecule has 0 aliphatic rings. The van der Waals surface area contributed by atoms with E-state index in [1.807, 2.05) is 36.2 Å². The van der Waals surface area contributed by atoms with Crippen LogP contribution in [0.4, 0.5) is 4.79 Å². The molecule has 0 bridgehead atoms. The van der Waals surface area contributed by atoms with E-state index in [9.17, 15) is 10.0 Å². The lowest BCUT2D eigenvalue weighted by molar-refractivity contribution is -0.0436. The molecular formula is C17H19Cl2N3O3. The van der Waals surface area contributed by atoms with Crippen LogP contribution in [0.5, 0.6) is 11.5 Å². The molecule has 2 aromatic carbocycles. The molecule has 3 N–H and O–H groups in total. The van der Waals surface area contributed by atoms with Crippen LogP contribution in [0.3, 0.4) is 0 Å². The van der Waals surface area contributed by atoms with E-state index in [0.29, 0.717) is 39.7 Å². The zero-order valence-electron chi connectivity index (χ0n) is 13.7. The van der Waals surface area contributed by atoms with E-state index in [0.717, 1.165) is 5.56 Å². The van der Waals surface area contributed by atoms with Crippen molar-refractivity contribution in [1.82, 2.24) is 9.96 Å². The minimum atomic E-state index is -0.870. The van der Waals surface area contributed by atoms with E-state index in [1.165, 1.54) is 0 Å². The minimum absolute atomic E-state index is 0.130. The van der Waals surface area contributed by atoms with Gasteiger partial charge in [0.2, 0.25) is 0 Å². The third-order valence-electron chi connectivity index (χ3n) is 3.43. The topological polar surface area (TPSA) is 79.0 Å². The third-order valence-corrected chi connectivity index (χ3v) is 4.16. The van der Waals surface area contributed by atoms with Crippen LogP contribution in [-0.4, -0.2) is 41.3 Å². The number of halogens is 2. The monoisotopic (exact) mass is 383 g/mol. The number of hydrogen-bond acceptors (Lipinski definition) is 4. The zero-order chi connectivity index (χ0) is 18.4. The summed E-state index contributed by atoms with van der Waals surface area (Å²) in [7, 11) is 1.88. The molecular weight excluding hydrogens is 365 g/mol. The van der Waals surface area contributed by atoms with Crippen LogP contribution in [0.1, 0.15) is 5.56 Å². The Morgan fingerprint density at radius 3 is 2.52 bits per heavy atom. The lowest BCUT2D eigenvalue weighted by atomic mass is 10.2. The number of carbonyl (C=O) groups is 1. The molecule has 25 heavy (non-hydrogen) atoms. The number of likely N-dealkylation sites (N-methyl/N-ethyl adjacent to an activating group) is 1. The van der Waals surface area contributed by atoms with Crippen LogP contribution >= 0.6 is 23.2 Å². The number of nitrogens with zero attached hydrogens (tertiary/aromatic N) is 2. The number of urea groups is 1. The highest BCUT2D eigenvalue weighted by Crippen LogP contribution is 2.29. The summed E-state index contributed by atoms with van der Waals surface area (Å²) in [6.07, 6.45) is 0. The van der Waals surface area contributed by atoms with Crippen molar-refractivity contribution >= 4 is 29.2 Å². The van der Waals surface area contributed by atoms with E-state index >= 15 is 0 Å². The second kappa shape index (κ2) is 8.92. The number of rotatable bonds is 7. The highest BCUT2D eigenvalue weighted by molar-refractivity contribution is 6.42. The second-order valence-corrected chi connectivity index (χ2v) is 6.34. The van der Waals surface area contributed by atoms with Gasteiger partial charge < -0.3 is 15.4 Å². The summed E-state index contributed by atoms with van der Waals surface area (Å²) in [5, 5.41) is 10.7. The number of nitrogens with two attached hydrogens (primary N) is 1. The SMILES string of the molecule is CN(CCN(O)C(N)=O)Cc1cccc(Oc2ccc(Cl)c(Cl)c2)c1. The van der Waals surface area contributed by atoms with Crippen molar-refractivity contribution in [2.45, 2.75) is 6.54 Å². The molecule has 0 fully saturated rings. The van der Waals surface area contributed by atoms with Crippen LogP contribution in [-0.2, 0) is 6.54 Å². The molecule has 2 rings (SSSR count).